The molecule has 0 bridgehead atoms. The molecule has 1 aliphatic heterocycles. The molecule has 2 N–H and O–H groups in total. The number of carbonyl (C=O) groups is 2. The van der Waals surface area contributed by atoms with Crippen molar-refractivity contribution in [2.75, 3.05) is 30.4 Å². The lowest BCUT2D eigenvalue weighted by Crippen LogP contribution is -2.34. The van der Waals surface area contributed by atoms with Crippen LogP contribution in [0, 0.1) is 12.8 Å². The van der Waals surface area contributed by atoms with Crippen LogP contribution in [-0.2, 0) is 4.79 Å². The largest absolute Gasteiger partial charge is 0.497 e. The van der Waals surface area contributed by atoms with E-state index in [4.69, 9.17) is 4.74 Å². The molecule has 3 amide bonds. The van der Waals surface area contributed by atoms with Gasteiger partial charge in [0.15, 0.2) is 0 Å². The van der Waals surface area contributed by atoms with Crippen LogP contribution >= 0.6 is 0 Å². The molecular weight excluding hydrogens is 330 g/mol. The van der Waals surface area contributed by atoms with Crippen molar-refractivity contribution >= 4 is 23.3 Å². The minimum Gasteiger partial charge on any atom is -0.497 e. The molecule has 0 radical (unpaired) electrons. The third-order valence-electron chi connectivity index (χ3n) is 4.45. The molecule has 3 rings (SSSR count). The second-order valence-corrected chi connectivity index (χ2v) is 6.47. The van der Waals surface area contributed by atoms with E-state index >= 15 is 0 Å². The Balaban J connectivity index is 1.49. The molecule has 26 heavy (non-hydrogen) atoms. The van der Waals surface area contributed by atoms with Crippen molar-refractivity contribution in [3.63, 3.8) is 0 Å². The summed E-state index contributed by atoms with van der Waals surface area (Å²) in [7, 11) is 1.60. The number of carbonyl (C=O) groups excluding carboxylic acids is 2. The Hall–Kier alpha value is -3.02. The maximum Gasteiger partial charge on any atom is 0.319 e. The van der Waals surface area contributed by atoms with E-state index in [2.05, 4.69) is 10.6 Å². The molecule has 6 heteroatoms. The maximum absolute atomic E-state index is 12.3. The Labute approximate surface area is 153 Å². The molecule has 0 unspecified atom stereocenters. The normalized spacial score (nSPS) is 16.5. The van der Waals surface area contributed by atoms with Crippen LogP contribution in [0.2, 0.25) is 0 Å². The van der Waals surface area contributed by atoms with E-state index in [1.165, 1.54) is 0 Å². The summed E-state index contributed by atoms with van der Waals surface area (Å²) in [4.78, 5) is 26.1. The number of hydrogen-bond donors (Lipinski definition) is 2. The van der Waals surface area contributed by atoms with Gasteiger partial charge in [-0.25, -0.2) is 4.79 Å². The van der Waals surface area contributed by atoms with Gasteiger partial charge in [-0.3, -0.25) is 4.79 Å². The van der Waals surface area contributed by atoms with Crippen molar-refractivity contribution in [1.29, 1.82) is 0 Å². The van der Waals surface area contributed by atoms with Gasteiger partial charge in [0.25, 0.3) is 0 Å². The van der Waals surface area contributed by atoms with Crippen LogP contribution in [-0.4, -0.2) is 32.1 Å². The number of ether oxygens (including phenoxy) is 1. The predicted molar refractivity (Wildman–Crippen MR) is 102 cm³/mol. The third kappa shape index (κ3) is 4.33. The van der Waals surface area contributed by atoms with Gasteiger partial charge < -0.3 is 20.3 Å². The minimum atomic E-state index is -0.281. The highest BCUT2D eigenvalue weighted by molar-refractivity contribution is 5.96. The number of nitrogens with one attached hydrogen (secondary N) is 2. The monoisotopic (exact) mass is 353 g/mol. The van der Waals surface area contributed by atoms with Gasteiger partial charge in [0, 0.05) is 36.8 Å². The molecule has 2 aromatic rings. The number of rotatable bonds is 5. The smallest absolute Gasteiger partial charge is 0.319 e. The zero-order valence-corrected chi connectivity index (χ0v) is 15.0. The minimum absolute atomic E-state index is 0.0937. The van der Waals surface area contributed by atoms with Gasteiger partial charge in [0.1, 0.15) is 5.75 Å². The molecule has 1 heterocycles. The number of amides is 3. The van der Waals surface area contributed by atoms with Gasteiger partial charge in [0.05, 0.1) is 7.11 Å². The standard InChI is InChI=1S/C20H23N3O3/c1-14-3-7-17(8-4-14)23-13-15(11-19(23)24)12-21-20(25)22-16-5-9-18(26-2)10-6-16/h3-10,15H,11-13H2,1-2H3,(H2,21,22,25)/t15-/m0/s1. The van der Waals surface area contributed by atoms with Crippen LogP contribution in [0.1, 0.15) is 12.0 Å². The first-order valence-corrected chi connectivity index (χ1v) is 8.61. The first-order valence-electron chi connectivity index (χ1n) is 8.61. The second kappa shape index (κ2) is 7.91. The molecule has 1 aliphatic rings. The van der Waals surface area contributed by atoms with E-state index in [1.807, 2.05) is 31.2 Å². The topological polar surface area (TPSA) is 70.7 Å². The molecule has 136 valence electrons. The van der Waals surface area contributed by atoms with Crippen LogP contribution in [0.4, 0.5) is 16.2 Å². The fourth-order valence-corrected chi connectivity index (χ4v) is 2.98. The number of methoxy groups -OCH3 is 1. The second-order valence-electron chi connectivity index (χ2n) is 6.47. The van der Waals surface area contributed by atoms with Crippen molar-refractivity contribution in [2.45, 2.75) is 13.3 Å². The Morgan fingerprint density at radius 3 is 2.50 bits per heavy atom. The number of nitrogens with zero attached hydrogens (tertiary/aromatic N) is 1. The molecule has 1 fully saturated rings. The summed E-state index contributed by atoms with van der Waals surface area (Å²) < 4.78 is 5.09. The number of urea groups is 1. The molecule has 0 saturated carbocycles. The van der Waals surface area contributed by atoms with Crippen LogP contribution in [0.3, 0.4) is 0 Å². The van der Waals surface area contributed by atoms with E-state index in [0.29, 0.717) is 25.2 Å². The number of hydrogen-bond acceptors (Lipinski definition) is 3. The van der Waals surface area contributed by atoms with Crippen molar-refractivity contribution in [3.05, 3.63) is 54.1 Å². The first-order chi connectivity index (χ1) is 12.5. The van der Waals surface area contributed by atoms with Crippen LogP contribution in [0.15, 0.2) is 48.5 Å². The van der Waals surface area contributed by atoms with Gasteiger partial charge in [0.2, 0.25) is 5.91 Å². The van der Waals surface area contributed by atoms with Crippen molar-refractivity contribution < 1.29 is 14.3 Å². The van der Waals surface area contributed by atoms with Gasteiger partial charge >= 0.3 is 6.03 Å². The Bertz CT molecular complexity index is 772. The fourth-order valence-electron chi connectivity index (χ4n) is 2.98. The van der Waals surface area contributed by atoms with E-state index in [0.717, 1.165) is 17.0 Å². The van der Waals surface area contributed by atoms with Gasteiger partial charge in [-0.1, -0.05) is 17.7 Å². The summed E-state index contributed by atoms with van der Waals surface area (Å²) >= 11 is 0. The number of aryl methyl sites for hydroxylation is 1. The summed E-state index contributed by atoms with van der Waals surface area (Å²) in [5.41, 5.74) is 2.76. The summed E-state index contributed by atoms with van der Waals surface area (Å²) in [5.74, 6) is 0.929. The fraction of sp³-hybridized carbons (Fsp3) is 0.300. The van der Waals surface area contributed by atoms with Gasteiger partial charge in [-0.15, -0.1) is 0 Å². The molecule has 0 aromatic heterocycles. The number of benzene rings is 2. The average Bonchev–Trinajstić information content (AvgIpc) is 3.02. The summed E-state index contributed by atoms with van der Waals surface area (Å²) in [6, 6.07) is 14.7. The Morgan fingerprint density at radius 1 is 1.15 bits per heavy atom. The predicted octanol–water partition coefficient (Wildman–Crippen LogP) is 3.18. The molecule has 1 saturated heterocycles. The molecule has 1 atom stereocenters. The molecule has 0 spiro atoms. The van der Waals surface area contributed by atoms with Gasteiger partial charge in [-0.05, 0) is 43.3 Å². The third-order valence-corrected chi connectivity index (χ3v) is 4.45. The highest BCUT2D eigenvalue weighted by Crippen LogP contribution is 2.25. The first kappa shape index (κ1) is 17.8. The highest BCUT2D eigenvalue weighted by atomic mass is 16.5. The van der Waals surface area contributed by atoms with Crippen LogP contribution in [0.5, 0.6) is 5.75 Å². The molecule has 6 nitrogen and oxygen atoms in total. The van der Waals surface area contributed by atoms with Crippen molar-refractivity contribution in [3.8, 4) is 5.75 Å². The number of anilines is 2. The van der Waals surface area contributed by atoms with E-state index in [-0.39, 0.29) is 17.9 Å². The van der Waals surface area contributed by atoms with Crippen molar-refractivity contribution in [2.24, 2.45) is 5.92 Å². The van der Waals surface area contributed by atoms with E-state index in [9.17, 15) is 9.59 Å². The quantitative estimate of drug-likeness (QED) is 0.867. The zero-order valence-electron chi connectivity index (χ0n) is 15.0. The molecular formula is C20H23N3O3. The van der Waals surface area contributed by atoms with E-state index < -0.39 is 0 Å². The average molecular weight is 353 g/mol. The molecule has 2 aromatic carbocycles. The Kier molecular flexibility index (Phi) is 5.41. The zero-order chi connectivity index (χ0) is 18.5. The summed E-state index contributed by atoms with van der Waals surface area (Å²) in [5, 5.41) is 5.62. The lowest BCUT2D eigenvalue weighted by molar-refractivity contribution is -0.117. The Morgan fingerprint density at radius 2 is 1.85 bits per heavy atom. The van der Waals surface area contributed by atoms with E-state index in [1.54, 1.807) is 36.3 Å². The van der Waals surface area contributed by atoms with Gasteiger partial charge in [-0.2, -0.15) is 0 Å². The highest BCUT2D eigenvalue weighted by Gasteiger charge is 2.30. The SMILES string of the molecule is COc1ccc(NC(=O)NC[C@@H]2CC(=O)N(c3ccc(C)cc3)C2)cc1. The van der Waals surface area contributed by atoms with Crippen LogP contribution < -0.4 is 20.3 Å². The molecule has 0 aliphatic carbocycles. The maximum atomic E-state index is 12.3. The summed E-state index contributed by atoms with van der Waals surface area (Å²) in [6.45, 7) is 3.09. The lowest BCUT2D eigenvalue weighted by Gasteiger charge is -2.17. The van der Waals surface area contributed by atoms with Crippen molar-refractivity contribution in [1.82, 2.24) is 5.32 Å². The summed E-state index contributed by atoms with van der Waals surface area (Å²) in [6.07, 6.45) is 0.441. The lowest BCUT2D eigenvalue weighted by atomic mass is 10.1. The van der Waals surface area contributed by atoms with Crippen LogP contribution in [0.25, 0.3) is 0 Å².